The number of aromatic nitrogens is 1. The molecule has 296 valence electrons. The summed E-state index contributed by atoms with van der Waals surface area (Å²) >= 11 is 0. The highest BCUT2D eigenvalue weighted by atomic mass is 28.3. The van der Waals surface area contributed by atoms with Crippen molar-refractivity contribution in [2.75, 3.05) is 0 Å². The van der Waals surface area contributed by atoms with Gasteiger partial charge < -0.3 is 8.98 Å². The Morgan fingerprint density at radius 2 is 0.873 bits per heavy atom. The summed E-state index contributed by atoms with van der Waals surface area (Å²) in [6, 6.07) is 56.8. The average molecular weight is 830 g/mol. The summed E-state index contributed by atoms with van der Waals surface area (Å²) in [5.41, 5.74) is 5.23. The van der Waals surface area contributed by atoms with Gasteiger partial charge in [-0.1, -0.05) is 218 Å². The van der Waals surface area contributed by atoms with Gasteiger partial charge in [0.2, 0.25) is 0 Å². The lowest BCUT2D eigenvalue weighted by molar-refractivity contribution is 0.669. The summed E-state index contributed by atoms with van der Waals surface area (Å²) in [7, 11) is -3.59. The molecule has 3 heteroatoms. The molecular formula is C60H41NOSi. The summed E-state index contributed by atoms with van der Waals surface area (Å²) in [6.45, 7) is 0. The van der Waals surface area contributed by atoms with Gasteiger partial charge in [0.25, 0.3) is 0 Å². The van der Waals surface area contributed by atoms with E-state index in [1.807, 2.05) is 144 Å². The van der Waals surface area contributed by atoms with Gasteiger partial charge in [-0.05, 0) is 73.3 Å². The van der Waals surface area contributed by atoms with E-state index in [9.17, 15) is 5.48 Å². The molecule has 0 N–H and O–H groups in total. The number of para-hydroxylation sites is 2. The third-order valence-corrected chi connectivity index (χ3v) is 17.1. The molecule has 0 spiro atoms. The lowest BCUT2D eigenvalue weighted by Crippen LogP contribution is -2.74. The molecule has 0 aliphatic rings. The monoisotopic (exact) mass is 829 g/mol. The third kappa shape index (κ3) is 5.93. The Morgan fingerprint density at radius 1 is 0.365 bits per heavy atom. The highest BCUT2D eigenvalue weighted by molar-refractivity contribution is 7.20. The number of rotatable bonds is 8. The first kappa shape index (κ1) is 27.8. The minimum absolute atomic E-state index is 0.102. The van der Waals surface area contributed by atoms with Crippen molar-refractivity contribution in [1.29, 1.82) is 0 Å². The van der Waals surface area contributed by atoms with Gasteiger partial charge in [-0.2, -0.15) is 0 Å². The van der Waals surface area contributed by atoms with Crippen LogP contribution >= 0.6 is 0 Å². The topological polar surface area (TPSA) is 18.1 Å². The summed E-state index contributed by atoms with van der Waals surface area (Å²) in [5.74, 6) is 0. The van der Waals surface area contributed by atoms with Crippen LogP contribution in [0.4, 0.5) is 0 Å². The Kier molecular flexibility index (Phi) is 6.69. The zero-order valence-corrected chi connectivity index (χ0v) is 34.8. The van der Waals surface area contributed by atoms with Gasteiger partial charge in [-0.15, -0.1) is 0 Å². The lowest BCUT2D eigenvalue weighted by atomic mass is 9.95. The van der Waals surface area contributed by atoms with Crippen LogP contribution in [0.1, 0.15) is 13.7 Å². The zero-order valence-electron chi connectivity index (χ0n) is 43.8. The Hall–Kier alpha value is -7.98. The first-order chi connectivity index (χ1) is 35.4. The van der Waals surface area contributed by atoms with E-state index >= 15 is 0 Å². The molecule has 0 aliphatic heterocycles. The molecule has 0 bridgehead atoms. The van der Waals surface area contributed by atoms with Crippen LogP contribution in [-0.4, -0.2) is 12.6 Å². The van der Waals surface area contributed by atoms with Crippen molar-refractivity contribution < 1.29 is 18.1 Å². The molecule has 2 nitrogen and oxygen atoms in total. The van der Waals surface area contributed by atoms with E-state index in [1.54, 1.807) is 0 Å². The number of hydrogen-bond acceptors (Lipinski definition) is 1. The molecule has 0 radical (unpaired) electrons. The maximum atomic E-state index is 9.69. The molecule has 10 aromatic carbocycles. The predicted octanol–water partition coefficient (Wildman–Crippen LogP) is 13.1. The van der Waals surface area contributed by atoms with E-state index in [2.05, 4.69) is 48.5 Å². The van der Waals surface area contributed by atoms with Crippen molar-refractivity contribution in [3.63, 3.8) is 0 Å². The summed E-state index contributed by atoms with van der Waals surface area (Å²) in [6.07, 6.45) is 0. The van der Waals surface area contributed by atoms with Crippen molar-refractivity contribution in [2.24, 2.45) is 0 Å². The SMILES string of the molecule is [2H]c1c([2H])c([2H])c(-c2cc([Si](c3ccccc3)(c3ccccc3)c3ccccc3)cc(-c3c([2H])c([2H])c([2H])c([2H])c3[2H])c2-n2c3ccccc3c3cc(-c4cccc5oc6ccccc6c45)ccc32)c([2H])c1[2H]. The van der Waals surface area contributed by atoms with E-state index in [4.69, 9.17) is 12.6 Å². The van der Waals surface area contributed by atoms with Crippen molar-refractivity contribution >= 4 is 72.6 Å². The molecule has 12 rings (SSSR count). The number of benzene rings is 10. The van der Waals surface area contributed by atoms with Crippen LogP contribution in [0, 0.1) is 0 Å². The second kappa shape index (κ2) is 15.2. The molecule has 0 unspecified atom stereocenters. The first-order valence-corrected chi connectivity index (χ1v) is 22.9. The van der Waals surface area contributed by atoms with Crippen molar-refractivity contribution in [3.05, 3.63) is 248 Å². The Balaban J connectivity index is 1.31. The second-order valence-electron chi connectivity index (χ2n) is 15.6. The summed E-state index contributed by atoms with van der Waals surface area (Å²) in [4.78, 5) is 0. The largest absolute Gasteiger partial charge is 0.456 e. The normalized spacial score (nSPS) is 14.0. The molecule has 63 heavy (non-hydrogen) atoms. The quantitative estimate of drug-likeness (QED) is 0.110. The van der Waals surface area contributed by atoms with Crippen LogP contribution in [0.15, 0.2) is 253 Å². The van der Waals surface area contributed by atoms with E-state index in [1.165, 1.54) is 0 Å². The molecule has 2 aromatic heterocycles. The number of furan rings is 1. The summed E-state index contributed by atoms with van der Waals surface area (Å²) < 4.78 is 101. The number of nitrogens with zero attached hydrogens (tertiary/aromatic N) is 1. The molecule has 12 aromatic rings. The van der Waals surface area contributed by atoms with Gasteiger partial charge in [0.15, 0.2) is 8.07 Å². The van der Waals surface area contributed by atoms with Crippen LogP contribution in [0.2, 0.25) is 0 Å². The van der Waals surface area contributed by atoms with Gasteiger partial charge in [-0.25, -0.2) is 0 Å². The second-order valence-corrected chi connectivity index (χ2v) is 19.4. The molecule has 0 amide bonds. The van der Waals surface area contributed by atoms with Crippen molar-refractivity contribution in [2.45, 2.75) is 0 Å². The third-order valence-electron chi connectivity index (χ3n) is 12.3. The van der Waals surface area contributed by atoms with Crippen LogP contribution in [-0.2, 0) is 0 Å². The number of fused-ring (bicyclic) bond motifs is 6. The van der Waals surface area contributed by atoms with Gasteiger partial charge in [0.1, 0.15) is 11.2 Å². The van der Waals surface area contributed by atoms with Crippen LogP contribution < -0.4 is 20.7 Å². The zero-order chi connectivity index (χ0) is 50.4. The van der Waals surface area contributed by atoms with Crippen molar-refractivity contribution in [3.8, 4) is 39.1 Å². The molecule has 0 atom stereocenters. The standard InChI is InChI=1S/C60H41NOSi/c1-6-21-42(22-7-1)52-40-48(63(45-25-10-3-11-26-45,46-27-12-4-13-28-46)47-29-14-5-15-30-47)41-53(43-23-8-2-9-24-43)60(52)61-55-34-18-16-31-50(55)54-39-44(37-38-56(54)61)49-33-20-36-58-59(49)51-32-17-19-35-57(51)62-58/h1-41H/i1D,2D,6D,7D,8D,9D,21D,22D,23D,24D. The Morgan fingerprint density at radius 3 is 1.48 bits per heavy atom. The van der Waals surface area contributed by atoms with Gasteiger partial charge in [-0.3, -0.25) is 0 Å². The molecule has 2 heterocycles. The molecular weight excluding hydrogens is 779 g/mol. The fourth-order valence-electron chi connectivity index (χ4n) is 9.70. The van der Waals surface area contributed by atoms with Crippen LogP contribution in [0.5, 0.6) is 0 Å². The smallest absolute Gasteiger partial charge is 0.179 e. The van der Waals surface area contributed by atoms with Crippen LogP contribution in [0.25, 0.3) is 82.8 Å². The highest BCUT2D eigenvalue weighted by Crippen LogP contribution is 2.43. The molecule has 0 saturated carbocycles. The highest BCUT2D eigenvalue weighted by Gasteiger charge is 2.42. The van der Waals surface area contributed by atoms with Crippen molar-refractivity contribution in [1.82, 2.24) is 4.57 Å². The van der Waals surface area contributed by atoms with Gasteiger partial charge >= 0.3 is 0 Å². The minimum atomic E-state index is -3.59. The maximum absolute atomic E-state index is 9.69. The van der Waals surface area contributed by atoms with E-state index < -0.39 is 68.5 Å². The maximum Gasteiger partial charge on any atom is 0.179 e. The predicted molar refractivity (Wildman–Crippen MR) is 268 cm³/mol. The molecule has 0 saturated heterocycles. The average Bonchev–Trinajstić information content (AvgIpc) is 3.98. The lowest BCUT2D eigenvalue weighted by Gasteiger charge is -2.36. The fourth-order valence-corrected chi connectivity index (χ4v) is 14.5. The van der Waals surface area contributed by atoms with Gasteiger partial charge in [0, 0.05) is 32.7 Å². The minimum Gasteiger partial charge on any atom is -0.456 e. The number of hydrogen-bond donors (Lipinski definition) is 0. The first-order valence-electron chi connectivity index (χ1n) is 25.9. The molecule has 0 aliphatic carbocycles. The van der Waals surface area contributed by atoms with E-state index in [-0.39, 0.29) is 27.9 Å². The van der Waals surface area contributed by atoms with Gasteiger partial charge in [0.05, 0.1) is 30.4 Å². The van der Waals surface area contributed by atoms with E-state index in [0.29, 0.717) is 16.2 Å². The van der Waals surface area contributed by atoms with E-state index in [0.717, 1.165) is 59.4 Å². The Bertz CT molecular complexity index is 3970. The van der Waals surface area contributed by atoms with Crippen LogP contribution in [0.3, 0.4) is 0 Å². The molecule has 0 fully saturated rings. The summed E-state index contributed by atoms with van der Waals surface area (Å²) in [5, 5.41) is 7.16. The Labute approximate surface area is 381 Å². The fraction of sp³-hybridized carbons (Fsp3) is 0.